The Morgan fingerprint density at radius 3 is 2.34 bits per heavy atom. The van der Waals surface area contributed by atoms with E-state index in [1.54, 1.807) is 48.1 Å². The van der Waals surface area contributed by atoms with Gasteiger partial charge < -0.3 is 30.8 Å². The normalized spacial score (nSPS) is 12.5. The highest BCUT2D eigenvalue weighted by Gasteiger charge is 2.37. The van der Waals surface area contributed by atoms with Crippen LogP contribution in [0.5, 0.6) is 0 Å². The first-order chi connectivity index (χ1) is 29.5. The molecule has 0 fully saturated rings. The SMILES string of the molecule is CC.Cc1cc(NC(=O)c2cccc3[nH]c(-c4ccnn4-c4ccccc4)nc23)no1.Cc1cccc2c1NC(c1ccc(F)cc1C(F)(F)F)N2.O=CNc1cccnn1. The molecule has 61 heavy (non-hydrogen) atoms. The Hall–Kier alpha value is -7.89. The lowest BCUT2D eigenvalue weighted by molar-refractivity contribution is -0.138. The van der Waals surface area contributed by atoms with Gasteiger partial charge >= 0.3 is 6.18 Å². The number of halogens is 4. The van der Waals surface area contributed by atoms with Crippen LogP contribution in [0.3, 0.4) is 0 Å². The van der Waals surface area contributed by atoms with Crippen LogP contribution in [0, 0.1) is 19.7 Å². The molecule has 1 atom stereocenters. The largest absolute Gasteiger partial charge is 0.416 e. The number of imidazole rings is 1. The van der Waals surface area contributed by atoms with Crippen molar-refractivity contribution in [2.75, 3.05) is 21.3 Å². The average Bonchev–Trinajstić information content (AvgIpc) is 4.09. The lowest BCUT2D eigenvalue weighted by Gasteiger charge is -2.19. The Morgan fingerprint density at radius 2 is 1.66 bits per heavy atom. The number of aryl methyl sites for hydroxylation is 2. The minimum Gasteiger partial charge on any atom is -0.360 e. The van der Waals surface area contributed by atoms with E-state index in [9.17, 15) is 27.2 Å². The standard InChI is InChI=1S/C21H16N6O2.C15H12F4N2.C5H5N3O.C2H6/c1-13-12-18(26-29-13)24-21(28)15-8-5-9-16-19(15)25-20(23-16)17-10-11-22-27(17)14-6-3-2-4-7-14;1-8-3-2-4-12-13(8)21-14(20-12)10-6-5-9(16)7-11(10)15(17,18)19;9-4-6-5-2-1-3-7-8-5;1-2/h2-12H,1H3,(H,23,25)(H,24,26,28);2-7,14,20-21H,1H3;1-4H,(H,6,8,9);1-2H3. The molecule has 1 aliphatic heterocycles. The average molecular weight is 834 g/mol. The molecule has 0 spiro atoms. The van der Waals surface area contributed by atoms with Crippen molar-refractivity contribution in [3.8, 4) is 17.2 Å². The number of nitrogens with one attached hydrogen (secondary N) is 5. The summed E-state index contributed by atoms with van der Waals surface area (Å²) < 4.78 is 59.2. The highest BCUT2D eigenvalue weighted by molar-refractivity contribution is 6.11. The number of carbonyl (C=O) groups excluding carboxylic acids is 2. The van der Waals surface area contributed by atoms with Gasteiger partial charge in [0.25, 0.3) is 5.91 Å². The molecule has 8 aromatic rings. The highest BCUT2D eigenvalue weighted by Crippen LogP contribution is 2.42. The van der Waals surface area contributed by atoms with Crippen molar-refractivity contribution in [2.45, 2.75) is 40.0 Å². The Bertz CT molecular complexity index is 2720. The second-order valence-electron chi connectivity index (χ2n) is 12.8. The first-order valence-corrected chi connectivity index (χ1v) is 18.8. The number of benzene rings is 4. The van der Waals surface area contributed by atoms with E-state index in [-0.39, 0.29) is 11.5 Å². The van der Waals surface area contributed by atoms with Crippen LogP contribution >= 0.6 is 0 Å². The summed E-state index contributed by atoms with van der Waals surface area (Å²) in [6, 6.07) is 30.3. The monoisotopic (exact) mass is 833 g/mol. The summed E-state index contributed by atoms with van der Waals surface area (Å²) in [5, 5.41) is 26.4. The van der Waals surface area contributed by atoms with Crippen LogP contribution in [-0.4, -0.2) is 47.4 Å². The maximum absolute atomic E-state index is 13.2. The highest BCUT2D eigenvalue weighted by atomic mass is 19.4. The topological polar surface area (TPSA) is 181 Å². The van der Waals surface area contributed by atoms with Gasteiger partial charge in [0, 0.05) is 17.8 Å². The van der Waals surface area contributed by atoms with Gasteiger partial charge in [0.1, 0.15) is 29.0 Å². The van der Waals surface area contributed by atoms with Crippen LogP contribution < -0.4 is 21.3 Å². The number of aromatic amines is 1. The number of hydrogen-bond donors (Lipinski definition) is 5. The van der Waals surface area contributed by atoms with E-state index in [1.165, 1.54) is 6.20 Å². The van der Waals surface area contributed by atoms with Gasteiger partial charge in [0.05, 0.1) is 39.9 Å². The predicted octanol–water partition coefficient (Wildman–Crippen LogP) is 9.72. The number of H-pyrrole nitrogens is 1. The van der Waals surface area contributed by atoms with Crippen LogP contribution in [0.4, 0.5) is 40.6 Å². The molecular formula is C43H39F4N11O3. The number of nitrogens with zero attached hydrogens (tertiary/aromatic N) is 6. The van der Waals surface area contributed by atoms with Crippen molar-refractivity contribution in [1.29, 1.82) is 0 Å². The molecule has 1 aliphatic rings. The minimum atomic E-state index is -4.61. The number of rotatable bonds is 7. The van der Waals surface area contributed by atoms with Gasteiger partial charge in [-0.15, -0.1) is 5.10 Å². The Balaban J connectivity index is 0.000000169. The van der Waals surface area contributed by atoms with Crippen molar-refractivity contribution in [3.63, 3.8) is 0 Å². The first kappa shape index (κ1) is 42.7. The number of amides is 2. The fraction of sp³-hybridized carbons (Fsp3) is 0.140. The molecule has 0 saturated heterocycles. The van der Waals surface area contributed by atoms with E-state index in [0.29, 0.717) is 46.8 Å². The van der Waals surface area contributed by atoms with E-state index in [4.69, 9.17) is 4.52 Å². The van der Waals surface area contributed by atoms with Crippen molar-refractivity contribution >= 4 is 46.4 Å². The van der Waals surface area contributed by atoms with Gasteiger partial charge in [0.2, 0.25) is 6.41 Å². The van der Waals surface area contributed by atoms with Crippen molar-refractivity contribution in [3.05, 3.63) is 155 Å². The Morgan fingerprint density at radius 1 is 0.869 bits per heavy atom. The lowest BCUT2D eigenvalue weighted by Crippen LogP contribution is -2.19. The summed E-state index contributed by atoms with van der Waals surface area (Å²) in [4.78, 5) is 30.5. The van der Waals surface area contributed by atoms with Crippen molar-refractivity contribution in [2.24, 2.45) is 0 Å². The van der Waals surface area contributed by atoms with Gasteiger partial charge in [-0.25, -0.2) is 14.1 Å². The summed E-state index contributed by atoms with van der Waals surface area (Å²) in [5.74, 6) is 0.861. The third-order valence-electron chi connectivity index (χ3n) is 8.79. The number of para-hydroxylation sites is 3. The van der Waals surface area contributed by atoms with Crippen LogP contribution in [0.1, 0.15) is 52.8 Å². The van der Waals surface area contributed by atoms with Crippen molar-refractivity contribution in [1.82, 2.24) is 35.1 Å². The summed E-state index contributed by atoms with van der Waals surface area (Å²) in [5.41, 5.74) is 4.91. The fourth-order valence-corrected chi connectivity index (χ4v) is 6.14. The molecule has 0 saturated carbocycles. The summed E-state index contributed by atoms with van der Waals surface area (Å²) in [6.07, 6.45) is -1.53. The quantitative estimate of drug-likeness (QED) is 0.0766. The van der Waals surface area contributed by atoms with E-state index in [2.05, 4.69) is 51.7 Å². The van der Waals surface area contributed by atoms with Crippen LogP contribution in [0.15, 0.2) is 126 Å². The lowest BCUT2D eigenvalue weighted by atomic mass is 10.0. The number of alkyl halides is 3. The molecule has 4 aromatic carbocycles. The van der Waals surface area contributed by atoms with Crippen LogP contribution in [-0.2, 0) is 11.0 Å². The maximum Gasteiger partial charge on any atom is 0.416 e. The molecule has 18 heteroatoms. The molecule has 0 bridgehead atoms. The number of carbonyl (C=O) groups is 2. The molecule has 5 N–H and O–H groups in total. The van der Waals surface area contributed by atoms with Gasteiger partial charge in [-0.05, 0) is 80.1 Å². The first-order valence-electron chi connectivity index (χ1n) is 18.8. The Kier molecular flexibility index (Phi) is 13.5. The van der Waals surface area contributed by atoms with Crippen LogP contribution in [0.25, 0.3) is 28.2 Å². The molecule has 4 aromatic heterocycles. The van der Waals surface area contributed by atoms with Gasteiger partial charge in [-0.1, -0.05) is 61.5 Å². The third kappa shape index (κ3) is 10.2. The molecule has 0 aliphatic carbocycles. The second-order valence-corrected chi connectivity index (χ2v) is 12.8. The van der Waals surface area contributed by atoms with Gasteiger partial charge in [-0.3, -0.25) is 9.59 Å². The molecule has 14 nitrogen and oxygen atoms in total. The smallest absolute Gasteiger partial charge is 0.360 e. The summed E-state index contributed by atoms with van der Waals surface area (Å²) in [7, 11) is 0. The van der Waals surface area contributed by atoms with Crippen molar-refractivity contribution < 1.29 is 31.7 Å². The number of anilines is 4. The molecule has 312 valence electrons. The molecule has 5 heterocycles. The van der Waals surface area contributed by atoms with E-state index >= 15 is 0 Å². The summed E-state index contributed by atoms with van der Waals surface area (Å²) >= 11 is 0. The molecule has 9 rings (SSSR count). The molecule has 2 amide bonds. The van der Waals surface area contributed by atoms with E-state index in [0.717, 1.165) is 46.0 Å². The fourth-order valence-electron chi connectivity index (χ4n) is 6.14. The second kappa shape index (κ2) is 19.2. The van der Waals surface area contributed by atoms with Gasteiger partial charge in [-0.2, -0.15) is 23.4 Å². The van der Waals surface area contributed by atoms with Gasteiger partial charge in [0.15, 0.2) is 17.5 Å². The number of aromatic nitrogens is 7. The molecular weight excluding hydrogens is 795 g/mol. The zero-order valence-corrected chi connectivity index (χ0v) is 33.1. The molecule has 1 unspecified atom stereocenters. The zero-order chi connectivity index (χ0) is 43.5. The minimum absolute atomic E-state index is 0.0282. The van der Waals surface area contributed by atoms with E-state index < -0.39 is 23.7 Å². The predicted molar refractivity (Wildman–Crippen MR) is 223 cm³/mol. The summed E-state index contributed by atoms with van der Waals surface area (Å²) in [6.45, 7) is 7.63. The molecule has 0 radical (unpaired) electrons. The Labute approximate surface area is 346 Å². The third-order valence-corrected chi connectivity index (χ3v) is 8.79. The van der Waals surface area contributed by atoms with Crippen LogP contribution in [0.2, 0.25) is 0 Å². The zero-order valence-electron chi connectivity index (χ0n) is 33.1. The number of fused-ring (bicyclic) bond motifs is 2. The number of hydrogen-bond acceptors (Lipinski definition) is 10. The maximum atomic E-state index is 13.2. The van der Waals surface area contributed by atoms with E-state index in [1.807, 2.05) is 81.4 Å².